The highest BCUT2D eigenvalue weighted by Gasteiger charge is 2.52. The Morgan fingerprint density at radius 3 is 2.58 bits per heavy atom. The van der Waals surface area contributed by atoms with E-state index in [0.29, 0.717) is 6.04 Å². The molecule has 1 aromatic carbocycles. The molecule has 0 N–H and O–H groups in total. The van der Waals surface area contributed by atoms with Gasteiger partial charge in [0.1, 0.15) is 5.60 Å². The van der Waals surface area contributed by atoms with E-state index in [2.05, 4.69) is 18.7 Å². The van der Waals surface area contributed by atoms with Gasteiger partial charge >= 0.3 is 0 Å². The fourth-order valence-corrected chi connectivity index (χ4v) is 4.41. The first kappa shape index (κ1) is 16.1. The van der Waals surface area contributed by atoms with Gasteiger partial charge in [-0.05, 0) is 69.5 Å². The molecule has 0 aliphatic carbocycles. The predicted molar refractivity (Wildman–Crippen MR) is 94.3 cm³/mol. The molecule has 4 nitrogen and oxygen atoms in total. The number of piperidine rings is 1. The molecule has 3 aliphatic rings. The first-order chi connectivity index (χ1) is 11.6. The Balaban J connectivity index is 1.35. The maximum atomic E-state index is 12.7. The number of amides is 1. The van der Waals surface area contributed by atoms with E-state index in [1.807, 2.05) is 23.1 Å². The summed E-state index contributed by atoms with van der Waals surface area (Å²) in [5.74, 6) is 0.147. The largest absolute Gasteiger partial charge is 0.370 e. The summed E-state index contributed by atoms with van der Waals surface area (Å²) >= 11 is 0. The van der Waals surface area contributed by atoms with Gasteiger partial charge in [0.15, 0.2) is 0 Å². The zero-order valence-corrected chi connectivity index (χ0v) is 14.9. The second-order valence-electron chi connectivity index (χ2n) is 7.91. The quantitative estimate of drug-likeness (QED) is 0.837. The molecule has 130 valence electrons. The van der Waals surface area contributed by atoms with Gasteiger partial charge in [0.2, 0.25) is 0 Å². The van der Waals surface area contributed by atoms with Crippen molar-refractivity contribution >= 4 is 5.91 Å². The third-order valence-electron chi connectivity index (χ3n) is 6.10. The highest BCUT2D eigenvalue weighted by molar-refractivity contribution is 5.95. The van der Waals surface area contributed by atoms with Crippen molar-refractivity contribution in [1.82, 2.24) is 9.80 Å². The molecular formula is C20H28N2O2. The van der Waals surface area contributed by atoms with Crippen molar-refractivity contribution in [2.75, 3.05) is 32.8 Å². The molecule has 1 amide bonds. The smallest absolute Gasteiger partial charge is 0.254 e. The Morgan fingerprint density at radius 2 is 1.88 bits per heavy atom. The maximum Gasteiger partial charge on any atom is 0.254 e. The fraction of sp³-hybridized carbons (Fsp3) is 0.650. The minimum absolute atomic E-state index is 0.0719. The van der Waals surface area contributed by atoms with Gasteiger partial charge in [0, 0.05) is 11.6 Å². The zero-order valence-electron chi connectivity index (χ0n) is 14.9. The summed E-state index contributed by atoms with van der Waals surface area (Å²) in [6.45, 7) is 8.92. The van der Waals surface area contributed by atoms with Crippen molar-refractivity contribution < 1.29 is 9.53 Å². The van der Waals surface area contributed by atoms with Crippen LogP contribution in [0.5, 0.6) is 0 Å². The van der Waals surface area contributed by atoms with Crippen LogP contribution < -0.4 is 0 Å². The molecule has 1 aromatic rings. The number of rotatable bonds is 2. The normalized spacial score (nSPS) is 26.6. The highest BCUT2D eigenvalue weighted by Crippen LogP contribution is 2.38. The molecule has 0 unspecified atom stereocenters. The standard InChI is InChI=1S/C20H28N2O2/c1-15-6-7-17(10-16(15)2)19(23)22-13-20(14-22)11-18(12-24-20)21-8-4-3-5-9-21/h6-7,10,18H,3-5,8-9,11-14H2,1-2H3/t18-/m0/s1. The van der Waals surface area contributed by atoms with E-state index < -0.39 is 0 Å². The first-order valence-corrected chi connectivity index (χ1v) is 9.31. The molecule has 4 rings (SSSR count). The van der Waals surface area contributed by atoms with E-state index in [4.69, 9.17) is 4.74 Å². The molecular weight excluding hydrogens is 300 g/mol. The molecule has 1 spiro atoms. The van der Waals surface area contributed by atoms with Gasteiger partial charge in [0.25, 0.3) is 5.91 Å². The average molecular weight is 328 g/mol. The molecule has 4 heteroatoms. The van der Waals surface area contributed by atoms with Crippen molar-refractivity contribution in [2.24, 2.45) is 0 Å². The molecule has 0 aromatic heterocycles. The second kappa shape index (κ2) is 6.16. The SMILES string of the molecule is Cc1ccc(C(=O)N2CC3(C[C@H](N4CCCCC4)CO3)C2)cc1C. The van der Waals surface area contributed by atoms with Gasteiger partial charge in [-0.15, -0.1) is 0 Å². The summed E-state index contributed by atoms with van der Waals surface area (Å²) in [6.07, 6.45) is 5.10. The average Bonchev–Trinajstić information content (AvgIpc) is 3.02. The summed E-state index contributed by atoms with van der Waals surface area (Å²) in [5, 5.41) is 0. The highest BCUT2D eigenvalue weighted by atomic mass is 16.5. The third kappa shape index (κ3) is 2.86. The number of carbonyl (C=O) groups excluding carboxylic acids is 1. The minimum atomic E-state index is -0.0719. The Morgan fingerprint density at radius 1 is 1.12 bits per heavy atom. The van der Waals surface area contributed by atoms with Gasteiger partial charge in [-0.25, -0.2) is 0 Å². The van der Waals surface area contributed by atoms with Crippen LogP contribution in [0.4, 0.5) is 0 Å². The molecule has 3 heterocycles. The molecule has 24 heavy (non-hydrogen) atoms. The summed E-state index contributed by atoms with van der Waals surface area (Å²) in [4.78, 5) is 17.2. The van der Waals surface area contributed by atoms with Crippen molar-refractivity contribution in [3.8, 4) is 0 Å². The van der Waals surface area contributed by atoms with Crippen LogP contribution >= 0.6 is 0 Å². The van der Waals surface area contributed by atoms with Gasteiger partial charge in [-0.1, -0.05) is 12.5 Å². The number of carbonyl (C=O) groups is 1. The Labute approximate surface area is 144 Å². The summed E-state index contributed by atoms with van der Waals surface area (Å²) in [6, 6.07) is 6.55. The summed E-state index contributed by atoms with van der Waals surface area (Å²) in [5.41, 5.74) is 3.14. The lowest BCUT2D eigenvalue weighted by Gasteiger charge is -2.47. The summed E-state index contributed by atoms with van der Waals surface area (Å²) < 4.78 is 6.17. The maximum absolute atomic E-state index is 12.7. The molecule has 0 bridgehead atoms. The molecule has 0 radical (unpaired) electrons. The molecule has 0 saturated carbocycles. The number of nitrogens with zero attached hydrogens (tertiary/aromatic N) is 2. The van der Waals surface area contributed by atoms with Gasteiger partial charge in [-0.3, -0.25) is 9.69 Å². The Bertz CT molecular complexity index is 631. The van der Waals surface area contributed by atoms with Crippen molar-refractivity contribution in [3.63, 3.8) is 0 Å². The van der Waals surface area contributed by atoms with Crippen molar-refractivity contribution in [1.29, 1.82) is 0 Å². The van der Waals surface area contributed by atoms with Gasteiger partial charge in [-0.2, -0.15) is 0 Å². The number of ether oxygens (including phenoxy) is 1. The van der Waals surface area contributed by atoms with E-state index in [9.17, 15) is 4.79 Å². The van der Waals surface area contributed by atoms with E-state index in [0.717, 1.165) is 31.7 Å². The van der Waals surface area contributed by atoms with Gasteiger partial charge < -0.3 is 9.64 Å². The van der Waals surface area contributed by atoms with Crippen LogP contribution in [0, 0.1) is 13.8 Å². The van der Waals surface area contributed by atoms with E-state index >= 15 is 0 Å². The van der Waals surface area contributed by atoms with Crippen LogP contribution in [-0.4, -0.2) is 60.1 Å². The van der Waals surface area contributed by atoms with Crippen LogP contribution in [0.25, 0.3) is 0 Å². The molecule has 3 saturated heterocycles. The van der Waals surface area contributed by atoms with E-state index in [-0.39, 0.29) is 11.5 Å². The summed E-state index contributed by atoms with van der Waals surface area (Å²) in [7, 11) is 0. The lowest BCUT2D eigenvalue weighted by Crippen LogP contribution is -2.63. The number of likely N-dealkylation sites (tertiary alicyclic amines) is 2. The van der Waals surface area contributed by atoms with Gasteiger partial charge in [0.05, 0.1) is 19.7 Å². The molecule has 3 fully saturated rings. The molecule has 1 atom stereocenters. The lowest BCUT2D eigenvalue weighted by molar-refractivity contribution is -0.0950. The number of hydrogen-bond donors (Lipinski definition) is 0. The zero-order chi connectivity index (χ0) is 16.7. The first-order valence-electron chi connectivity index (χ1n) is 9.31. The Hall–Kier alpha value is -1.39. The molecule has 3 aliphatic heterocycles. The van der Waals surface area contributed by atoms with Crippen molar-refractivity contribution in [2.45, 2.75) is 51.2 Å². The number of aryl methyl sites for hydroxylation is 2. The minimum Gasteiger partial charge on any atom is -0.370 e. The van der Waals surface area contributed by atoms with E-state index in [1.165, 1.54) is 43.5 Å². The fourth-order valence-electron chi connectivity index (χ4n) is 4.41. The van der Waals surface area contributed by atoms with Crippen molar-refractivity contribution in [3.05, 3.63) is 34.9 Å². The number of hydrogen-bond acceptors (Lipinski definition) is 3. The van der Waals surface area contributed by atoms with Crippen LogP contribution in [0.15, 0.2) is 18.2 Å². The van der Waals surface area contributed by atoms with Crippen LogP contribution in [0.1, 0.15) is 47.2 Å². The van der Waals surface area contributed by atoms with E-state index in [1.54, 1.807) is 0 Å². The third-order valence-corrected chi connectivity index (χ3v) is 6.10. The Kier molecular flexibility index (Phi) is 4.13. The van der Waals surface area contributed by atoms with Crippen LogP contribution in [0.3, 0.4) is 0 Å². The number of benzene rings is 1. The topological polar surface area (TPSA) is 32.8 Å². The lowest BCUT2D eigenvalue weighted by atomic mass is 9.88. The van der Waals surface area contributed by atoms with Crippen LogP contribution in [-0.2, 0) is 4.74 Å². The monoisotopic (exact) mass is 328 g/mol. The van der Waals surface area contributed by atoms with Crippen LogP contribution in [0.2, 0.25) is 0 Å². The second-order valence-corrected chi connectivity index (χ2v) is 7.91. The predicted octanol–water partition coefficient (Wildman–Crippen LogP) is 2.77.